The molecule has 0 unspecified atom stereocenters. The van der Waals surface area contributed by atoms with Crippen LogP contribution < -0.4 is 20.1 Å². The maximum atomic E-state index is 12.3. The van der Waals surface area contributed by atoms with Crippen molar-refractivity contribution in [2.24, 2.45) is 0 Å². The number of anilines is 2. The zero-order valence-electron chi connectivity index (χ0n) is 13.2. The first kappa shape index (κ1) is 16.0. The lowest BCUT2D eigenvalue weighted by atomic mass is 10.2. The summed E-state index contributed by atoms with van der Waals surface area (Å²) in [5.74, 6) is 1.54. The van der Waals surface area contributed by atoms with Crippen LogP contribution in [0.3, 0.4) is 0 Å². The number of nitrogens with zero attached hydrogens (tertiary/aromatic N) is 2. The van der Waals surface area contributed by atoms with Crippen LogP contribution in [-0.4, -0.2) is 42.9 Å². The second-order valence-corrected chi connectivity index (χ2v) is 5.08. The highest BCUT2D eigenvalue weighted by Gasteiger charge is 2.15. The maximum Gasteiger partial charge on any atom is 0.274 e. The van der Waals surface area contributed by atoms with E-state index in [1.807, 2.05) is 0 Å². The summed E-state index contributed by atoms with van der Waals surface area (Å²) in [7, 11) is 1.66. The molecule has 2 aromatic rings. The highest BCUT2D eigenvalue weighted by molar-refractivity contribution is 6.03. The molecule has 2 N–H and O–H groups in total. The van der Waals surface area contributed by atoms with Gasteiger partial charge in [-0.2, -0.15) is 0 Å². The number of fused-ring (bicyclic) bond motifs is 1. The normalized spacial score (nSPS) is 12.0. The number of benzene rings is 1. The van der Waals surface area contributed by atoms with Gasteiger partial charge in [-0.15, -0.1) is 0 Å². The lowest BCUT2D eigenvalue weighted by molar-refractivity contribution is 0.102. The summed E-state index contributed by atoms with van der Waals surface area (Å²) >= 11 is 0. The van der Waals surface area contributed by atoms with Crippen molar-refractivity contribution < 1.29 is 19.0 Å². The third-order valence-electron chi connectivity index (χ3n) is 3.36. The van der Waals surface area contributed by atoms with Gasteiger partial charge in [-0.25, -0.2) is 9.97 Å². The lowest BCUT2D eigenvalue weighted by Crippen LogP contribution is -2.15. The number of nitrogens with one attached hydrogen (secondary N) is 2. The summed E-state index contributed by atoms with van der Waals surface area (Å²) < 4.78 is 15.5. The largest absolute Gasteiger partial charge is 0.454 e. The Bertz CT molecular complexity index is 723. The van der Waals surface area contributed by atoms with Crippen LogP contribution in [0.15, 0.2) is 30.6 Å². The molecule has 8 nitrogen and oxygen atoms in total. The molecule has 0 atom stereocenters. The summed E-state index contributed by atoms with van der Waals surface area (Å²) in [5, 5.41) is 5.90. The topological polar surface area (TPSA) is 94.6 Å². The van der Waals surface area contributed by atoms with Gasteiger partial charge in [0.2, 0.25) is 6.79 Å². The smallest absolute Gasteiger partial charge is 0.274 e. The Kier molecular flexibility index (Phi) is 5.07. The van der Waals surface area contributed by atoms with Crippen LogP contribution in [0, 0.1) is 0 Å². The second-order valence-electron chi connectivity index (χ2n) is 5.08. The van der Waals surface area contributed by atoms with Crippen molar-refractivity contribution in [1.82, 2.24) is 9.97 Å². The highest BCUT2D eigenvalue weighted by atomic mass is 16.7. The zero-order valence-corrected chi connectivity index (χ0v) is 13.2. The first-order valence-corrected chi connectivity index (χ1v) is 7.52. The van der Waals surface area contributed by atoms with Crippen LogP contribution >= 0.6 is 0 Å². The van der Waals surface area contributed by atoms with Gasteiger partial charge in [0.15, 0.2) is 11.5 Å². The summed E-state index contributed by atoms with van der Waals surface area (Å²) in [4.78, 5) is 20.4. The van der Waals surface area contributed by atoms with Crippen LogP contribution in [0.2, 0.25) is 0 Å². The molecule has 8 heteroatoms. The zero-order chi connectivity index (χ0) is 16.8. The quantitative estimate of drug-likeness (QED) is 0.749. The third kappa shape index (κ3) is 3.90. The molecular weight excluding hydrogens is 312 g/mol. The minimum Gasteiger partial charge on any atom is -0.454 e. The third-order valence-corrected chi connectivity index (χ3v) is 3.36. The maximum absolute atomic E-state index is 12.3. The van der Waals surface area contributed by atoms with E-state index in [0.717, 1.165) is 6.42 Å². The van der Waals surface area contributed by atoms with Gasteiger partial charge in [0.05, 0.1) is 0 Å². The molecule has 3 rings (SSSR count). The van der Waals surface area contributed by atoms with E-state index in [4.69, 9.17) is 14.2 Å². The van der Waals surface area contributed by atoms with Crippen molar-refractivity contribution in [1.29, 1.82) is 0 Å². The van der Waals surface area contributed by atoms with Gasteiger partial charge in [0, 0.05) is 38.1 Å². The molecule has 1 aromatic heterocycles. The van der Waals surface area contributed by atoms with E-state index in [9.17, 15) is 4.79 Å². The number of rotatable bonds is 7. The standard InChI is InChI=1S/C16H18N4O4/c1-22-6-2-5-17-15-8-12(18-9-19-15)16(21)20-11-3-4-13-14(7-11)24-10-23-13/h3-4,7-9H,2,5-6,10H2,1H3,(H,20,21)(H,17,18,19). The van der Waals surface area contributed by atoms with Gasteiger partial charge in [0.25, 0.3) is 5.91 Å². The molecule has 0 bridgehead atoms. The minimum atomic E-state index is -0.323. The lowest BCUT2D eigenvalue weighted by Gasteiger charge is -2.08. The van der Waals surface area contributed by atoms with Crippen molar-refractivity contribution in [3.05, 3.63) is 36.3 Å². The molecule has 0 radical (unpaired) electrons. The number of hydrogen-bond donors (Lipinski definition) is 2. The van der Waals surface area contributed by atoms with Crippen molar-refractivity contribution in [2.75, 3.05) is 37.7 Å². The average Bonchev–Trinajstić information content (AvgIpc) is 3.07. The molecule has 2 heterocycles. The number of carbonyl (C=O) groups excluding carboxylic acids is 1. The van der Waals surface area contributed by atoms with Gasteiger partial charge in [-0.3, -0.25) is 4.79 Å². The Morgan fingerprint density at radius 3 is 3.00 bits per heavy atom. The van der Waals surface area contributed by atoms with Crippen molar-refractivity contribution in [3.63, 3.8) is 0 Å². The van der Waals surface area contributed by atoms with Crippen molar-refractivity contribution in [3.8, 4) is 11.5 Å². The van der Waals surface area contributed by atoms with Crippen molar-refractivity contribution >= 4 is 17.4 Å². The molecule has 24 heavy (non-hydrogen) atoms. The number of amides is 1. The van der Waals surface area contributed by atoms with Crippen LogP contribution in [0.1, 0.15) is 16.9 Å². The number of hydrogen-bond acceptors (Lipinski definition) is 7. The monoisotopic (exact) mass is 330 g/mol. The first-order valence-electron chi connectivity index (χ1n) is 7.52. The molecule has 0 saturated carbocycles. The van der Waals surface area contributed by atoms with Gasteiger partial charge in [-0.1, -0.05) is 0 Å². The van der Waals surface area contributed by atoms with Crippen LogP contribution in [-0.2, 0) is 4.74 Å². The van der Waals surface area contributed by atoms with Gasteiger partial charge >= 0.3 is 0 Å². The fourth-order valence-electron chi connectivity index (χ4n) is 2.18. The van der Waals surface area contributed by atoms with Gasteiger partial charge in [0.1, 0.15) is 17.8 Å². The van der Waals surface area contributed by atoms with Gasteiger partial charge < -0.3 is 24.8 Å². The van der Waals surface area contributed by atoms with E-state index in [1.165, 1.54) is 6.33 Å². The minimum absolute atomic E-state index is 0.191. The van der Waals surface area contributed by atoms with Crippen LogP contribution in [0.25, 0.3) is 0 Å². The molecule has 0 fully saturated rings. The van der Waals surface area contributed by atoms with Crippen LogP contribution in [0.5, 0.6) is 11.5 Å². The van der Waals surface area contributed by atoms with E-state index < -0.39 is 0 Å². The summed E-state index contributed by atoms with van der Waals surface area (Å²) in [6.07, 6.45) is 2.20. The Hall–Kier alpha value is -2.87. The van der Waals surface area contributed by atoms with E-state index in [0.29, 0.717) is 36.2 Å². The van der Waals surface area contributed by atoms with E-state index in [1.54, 1.807) is 31.4 Å². The molecule has 1 amide bonds. The summed E-state index contributed by atoms with van der Waals surface area (Å²) in [6, 6.07) is 6.82. The average molecular weight is 330 g/mol. The van der Waals surface area contributed by atoms with E-state index >= 15 is 0 Å². The Morgan fingerprint density at radius 2 is 2.12 bits per heavy atom. The Labute approximate surface area is 139 Å². The number of methoxy groups -OCH3 is 1. The van der Waals surface area contributed by atoms with Crippen LogP contribution in [0.4, 0.5) is 11.5 Å². The predicted octanol–water partition coefficient (Wildman–Crippen LogP) is 1.91. The Morgan fingerprint density at radius 1 is 1.25 bits per heavy atom. The fourth-order valence-corrected chi connectivity index (χ4v) is 2.18. The first-order chi connectivity index (χ1) is 11.8. The molecule has 1 aliphatic heterocycles. The van der Waals surface area contributed by atoms with E-state index in [2.05, 4.69) is 20.6 Å². The van der Waals surface area contributed by atoms with Crippen molar-refractivity contribution in [2.45, 2.75) is 6.42 Å². The molecule has 0 spiro atoms. The molecule has 126 valence electrons. The summed E-state index contributed by atoms with van der Waals surface area (Å²) in [6.45, 7) is 1.56. The molecular formula is C16H18N4O4. The molecule has 1 aliphatic rings. The predicted molar refractivity (Wildman–Crippen MR) is 87.5 cm³/mol. The number of ether oxygens (including phenoxy) is 3. The highest BCUT2D eigenvalue weighted by Crippen LogP contribution is 2.34. The molecule has 1 aromatic carbocycles. The Balaban J connectivity index is 1.62. The molecule has 0 aliphatic carbocycles. The fraction of sp³-hybridized carbons (Fsp3) is 0.312. The molecule has 0 saturated heterocycles. The SMILES string of the molecule is COCCCNc1cc(C(=O)Nc2ccc3c(c2)OCO3)ncn1. The number of carbonyl (C=O) groups is 1. The second kappa shape index (κ2) is 7.60. The number of aromatic nitrogens is 2. The van der Waals surface area contributed by atoms with E-state index in [-0.39, 0.29) is 18.4 Å². The summed E-state index contributed by atoms with van der Waals surface area (Å²) in [5.41, 5.74) is 0.884. The van der Waals surface area contributed by atoms with Gasteiger partial charge in [-0.05, 0) is 18.6 Å².